The van der Waals surface area contributed by atoms with Crippen molar-refractivity contribution in [1.82, 2.24) is 30.5 Å². The van der Waals surface area contributed by atoms with Crippen molar-refractivity contribution >= 4 is 29.3 Å². The summed E-state index contributed by atoms with van der Waals surface area (Å²) in [6.07, 6.45) is -2.08. The Morgan fingerprint density at radius 2 is 1.75 bits per heavy atom. The van der Waals surface area contributed by atoms with Crippen molar-refractivity contribution in [3.05, 3.63) is 81.6 Å². The van der Waals surface area contributed by atoms with Crippen LogP contribution in [-0.4, -0.2) is 76.2 Å². The normalized spacial score (nSPS) is 20.9. The second kappa shape index (κ2) is 16.2. The van der Waals surface area contributed by atoms with Gasteiger partial charge in [0, 0.05) is 55.3 Å². The van der Waals surface area contributed by atoms with Gasteiger partial charge in [-0.2, -0.15) is 18.2 Å². The van der Waals surface area contributed by atoms with Gasteiger partial charge in [0.25, 0.3) is 0 Å². The van der Waals surface area contributed by atoms with Crippen LogP contribution in [0.4, 0.5) is 19.0 Å². The first-order chi connectivity index (χ1) is 26.8. The molecular formula is C40H43ClF3N7O5. The lowest BCUT2D eigenvalue weighted by molar-refractivity contribution is -0.143. The lowest BCUT2D eigenvalue weighted by Gasteiger charge is -2.24. The molecule has 4 N–H and O–H groups in total. The number of carbonyl (C=O) groups excluding carboxylic acids is 1. The van der Waals surface area contributed by atoms with Crippen LogP contribution in [0.25, 0.3) is 22.4 Å². The summed E-state index contributed by atoms with van der Waals surface area (Å²) in [7, 11) is 2.86. The molecule has 1 aliphatic carbocycles. The number of alkyl halides is 3. The second-order valence-electron chi connectivity index (χ2n) is 14.6. The fraction of sp³-hybridized carbons (Fsp3) is 0.425. The van der Waals surface area contributed by atoms with Crippen LogP contribution in [0.5, 0.6) is 11.8 Å². The van der Waals surface area contributed by atoms with Gasteiger partial charge in [-0.3, -0.25) is 14.5 Å². The lowest BCUT2D eigenvalue weighted by atomic mass is 9.94. The summed E-state index contributed by atoms with van der Waals surface area (Å²) in [5.41, 5.74) is 4.25. The number of nitrogens with zero attached hydrogens (tertiary/aromatic N) is 4. The number of rotatable bonds is 13. The number of methoxy groups -OCH3 is 2. The Hall–Kier alpha value is -4.99. The van der Waals surface area contributed by atoms with E-state index in [-0.39, 0.29) is 36.0 Å². The van der Waals surface area contributed by atoms with Crippen molar-refractivity contribution in [2.75, 3.05) is 32.6 Å². The van der Waals surface area contributed by atoms with Crippen LogP contribution in [0, 0.1) is 5.92 Å². The highest BCUT2D eigenvalue weighted by molar-refractivity contribution is 6.36. The Morgan fingerprint density at radius 3 is 2.46 bits per heavy atom. The summed E-state index contributed by atoms with van der Waals surface area (Å²) in [6, 6.07) is 13.9. The predicted molar refractivity (Wildman–Crippen MR) is 203 cm³/mol. The van der Waals surface area contributed by atoms with Crippen LogP contribution in [0.15, 0.2) is 48.5 Å². The van der Waals surface area contributed by atoms with Crippen molar-refractivity contribution in [1.29, 1.82) is 0 Å². The number of carbonyl (C=O) groups is 2. The lowest BCUT2D eigenvalue weighted by Crippen LogP contribution is -2.36. The first kappa shape index (κ1) is 39.3. The van der Waals surface area contributed by atoms with Gasteiger partial charge in [0.2, 0.25) is 17.7 Å². The van der Waals surface area contributed by atoms with Gasteiger partial charge in [-0.05, 0) is 54.4 Å². The van der Waals surface area contributed by atoms with Crippen LogP contribution in [0.3, 0.4) is 0 Å². The van der Waals surface area contributed by atoms with Gasteiger partial charge < -0.3 is 30.5 Å². The number of benzene rings is 2. The number of hydrogen-bond acceptors (Lipinski definition) is 10. The van der Waals surface area contributed by atoms with Crippen LogP contribution >= 0.6 is 11.6 Å². The van der Waals surface area contributed by atoms with Crippen molar-refractivity contribution < 1.29 is 37.3 Å². The van der Waals surface area contributed by atoms with E-state index in [0.717, 1.165) is 34.2 Å². The van der Waals surface area contributed by atoms with E-state index in [2.05, 4.69) is 25.9 Å². The Morgan fingerprint density at radius 1 is 1.00 bits per heavy atom. The van der Waals surface area contributed by atoms with Crippen LogP contribution in [-0.2, 0) is 35.3 Å². The van der Waals surface area contributed by atoms with E-state index >= 15 is 0 Å². The molecule has 0 bridgehead atoms. The standard InChI is InChI=1S/C40H43ClF3N7O5/c1-21-16-32(39(53)54)51(19-21)20-31-38(56-3)50-36(35(47-31)40(42,43)44)48-29-14-12-25-24(6-4-7-26(25)29)27-8-5-9-28(34(27)41)30-13-10-22(37(49-30)55-2)17-45-18-23-11-15-33(52)46-23/h4-10,13,21,23,29,32,45H,11-12,14-20H2,1-3H3,(H,46,52)(H,48,50)(H,53,54)/t21-,23+,29+,32+/m1/s1. The number of carboxylic acid groups (broad SMARTS) is 1. The molecule has 4 heterocycles. The molecule has 2 aromatic carbocycles. The van der Waals surface area contributed by atoms with Gasteiger partial charge in [0.05, 0.1) is 31.0 Å². The molecule has 296 valence electrons. The number of amides is 1. The zero-order valence-electron chi connectivity index (χ0n) is 31.2. The first-order valence-corrected chi connectivity index (χ1v) is 18.9. The first-order valence-electron chi connectivity index (χ1n) is 18.5. The van der Waals surface area contributed by atoms with Gasteiger partial charge in [-0.25, -0.2) is 9.97 Å². The number of aliphatic carboxylic acids is 1. The van der Waals surface area contributed by atoms with Crippen molar-refractivity contribution in [3.63, 3.8) is 0 Å². The molecule has 4 atom stereocenters. The van der Waals surface area contributed by atoms with Crippen molar-refractivity contribution in [3.8, 4) is 34.1 Å². The molecule has 7 rings (SSSR count). The molecule has 4 aromatic rings. The number of pyridine rings is 1. The number of fused-ring (bicyclic) bond motifs is 1. The molecule has 3 aliphatic rings. The number of anilines is 1. The molecular weight excluding hydrogens is 751 g/mol. The fourth-order valence-electron chi connectivity index (χ4n) is 8.08. The smallest absolute Gasteiger partial charge is 0.437 e. The van der Waals surface area contributed by atoms with Crippen LogP contribution < -0.4 is 25.4 Å². The van der Waals surface area contributed by atoms with E-state index < -0.39 is 35.7 Å². The van der Waals surface area contributed by atoms with Gasteiger partial charge >= 0.3 is 12.1 Å². The molecule has 2 fully saturated rings. The average molecular weight is 794 g/mol. The molecule has 2 aromatic heterocycles. The minimum Gasteiger partial charge on any atom is -0.481 e. The SMILES string of the molecule is COc1nc(-c2cccc(-c3cccc4c3CC[C@@H]4Nc3nc(OC)c(CN4C[C@H](C)C[C@H]4C(=O)O)nc3C(F)(F)F)c2Cl)ccc1CNC[C@@H]1CCC(=O)N1. The van der Waals surface area contributed by atoms with Crippen molar-refractivity contribution in [2.24, 2.45) is 5.92 Å². The second-order valence-corrected chi connectivity index (χ2v) is 15.0. The fourth-order valence-corrected chi connectivity index (χ4v) is 8.40. The highest BCUT2D eigenvalue weighted by atomic mass is 35.5. The Kier molecular flexibility index (Phi) is 11.4. The van der Waals surface area contributed by atoms with E-state index in [1.165, 1.54) is 7.11 Å². The Balaban J connectivity index is 1.13. The minimum absolute atomic E-state index is 0.0577. The summed E-state index contributed by atoms with van der Waals surface area (Å²) in [5.74, 6) is -1.03. The molecule has 2 saturated heterocycles. The van der Waals surface area contributed by atoms with Crippen LogP contribution in [0.2, 0.25) is 5.02 Å². The maximum absolute atomic E-state index is 14.6. The minimum atomic E-state index is -4.85. The third-order valence-electron chi connectivity index (χ3n) is 10.7. The largest absolute Gasteiger partial charge is 0.481 e. The summed E-state index contributed by atoms with van der Waals surface area (Å²) in [5, 5.41) is 19.5. The van der Waals surface area contributed by atoms with Gasteiger partial charge in [-0.1, -0.05) is 61.0 Å². The molecule has 0 saturated carbocycles. The maximum Gasteiger partial charge on any atom is 0.437 e. The highest BCUT2D eigenvalue weighted by Gasteiger charge is 2.41. The molecule has 16 heteroatoms. The predicted octanol–water partition coefficient (Wildman–Crippen LogP) is 6.66. The van der Waals surface area contributed by atoms with E-state index in [9.17, 15) is 27.9 Å². The molecule has 2 aliphatic heterocycles. The van der Waals surface area contributed by atoms with E-state index in [1.807, 2.05) is 55.5 Å². The summed E-state index contributed by atoms with van der Waals surface area (Å²) in [6.45, 7) is 3.28. The molecule has 1 amide bonds. The Labute approximate surface area is 327 Å². The maximum atomic E-state index is 14.6. The third-order valence-corrected chi connectivity index (χ3v) is 11.1. The summed E-state index contributed by atoms with van der Waals surface area (Å²) in [4.78, 5) is 38.1. The van der Waals surface area contributed by atoms with Gasteiger partial charge in [0.15, 0.2) is 11.5 Å². The van der Waals surface area contributed by atoms with Gasteiger partial charge in [0.1, 0.15) is 11.7 Å². The average Bonchev–Trinajstić information content (AvgIpc) is 3.89. The van der Waals surface area contributed by atoms with E-state index in [0.29, 0.717) is 67.5 Å². The monoisotopic (exact) mass is 793 g/mol. The van der Waals surface area contributed by atoms with E-state index in [4.69, 9.17) is 26.1 Å². The third kappa shape index (κ3) is 8.11. The quantitative estimate of drug-likeness (QED) is 0.115. The number of halogens is 4. The van der Waals surface area contributed by atoms with Crippen LogP contribution in [0.1, 0.15) is 66.7 Å². The molecule has 12 nitrogen and oxygen atoms in total. The number of aromatic nitrogens is 3. The number of ether oxygens (including phenoxy) is 2. The zero-order valence-corrected chi connectivity index (χ0v) is 31.9. The number of nitrogens with one attached hydrogen (secondary N) is 3. The molecule has 0 spiro atoms. The topological polar surface area (TPSA) is 151 Å². The zero-order chi connectivity index (χ0) is 39.7. The van der Waals surface area contributed by atoms with Crippen molar-refractivity contribution in [2.45, 2.75) is 76.4 Å². The molecule has 0 unspecified atom stereocenters. The number of likely N-dealkylation sites (tertiary alicyclic amines) is 1. The highest BCUT2D eigenvalue weighted by Crippen LogP contribution is 2.45. The number of hydrogen-bond donors (Lipinski definition) is 4. The van der Waals surface area contributed by atoms with E-state index in [1.54, 1.807) is 12.0 Å². The summed E-state index contributed by atoms with van der Waals surface area (Å²) < 4.78 is 54.8. The number of carboxylic acids is 1. The Bertz CT molecular complexity index is 2140. The molecule has 56 heavy (non-hydrogen) atoms. The molecule has 0 radical (unpaired) electrons. The summed E-state index contributed by atoms with van der Waals surface area (Å²) >= 11 is 7.13. The van der Waals surface area contributed by atoms with Gasteiger partial charge in [-0.15, -0.1) is 0 Å².